The quantitative estimate of drug-likeness (QED) is 0.752. The summed E-state index contributed by atoms with van der Waals surface area (Å²) in [5.74, 6) is 5.05. The molecule has 2 aliphatic rings. The maximum atomic E-state index is 4.72. The number of rotatable bonds is 4. The SMILES string of the molecule is CC(C)C1CCN(c2ncc([C@H]3CC[C@H](C(C)C)CC3)cn2)CC1. The van der Waals surface area contributed by atoms with Crippen LogP contribution in [0.5, 0.6) is 0 Å². The molecule has 3 rings (SSSR count). The molecule has 0 N–H and O–H groups in total. The standard InChI is InChI=1S/C21H35N3/c1-15(2)17-5-7-19(8-6-17)20-13-22-21(23-14-20)24-11-9-18(10-12-24)16(3)4/h13-19H,5-12H2,1-4H3/t17-,19-. The molecule has 1 aromatic rings. The second-order valence-electron chi connectivity index (χ2n) is 8.74. The zero-order chi connectivity index (χ0) is 17.1. The van der Waals surface area contributed by atoms with Crippen LogP contribution in [0.2, 0.25) is 0 Å². The van der Waals surface area contributed by atoms with Crippen molar-refractivity contribution in [2.45, 2.75) is 72.1 Å². The van der Waals surface area contributed by atoms with Gasteiger partial charge in [0.15, 0.2) is 0 Å². The van der Waals surface area contributed by atoms with E-state index >= 15 is 0 Å². The van der Waals surface area contributed by atoms with Crippen molar-refractivity contribution in [3.8, 4) is 0 Å². The number of nitrogens with zero attached hydrogens (tertiary/aromatic N) is 3. The molecule has 1 saturated heterocycles. The molecule has 3 nitrogen and oxygen atoms in total. The Hall–Kier alpha value is -1.12. The van der Waals surface area contributed by atoms with Crippen LogP contribution < -0.4 is 4.90 Å². The second kappa shape index (κ2) is 7.84. The molecule has 134 valence electrons. The first-order valence-electron chi connectivity index (χ1n) is 10.1. The van der Waals surface area contributed by atoms with Gasteiger partial charge in [0.25, 0.3) is 0 Å². The van der Waals surface area contributed by atoms with Crippen molar-refractivity contribution in [1.29, 1.82) is 0 Å². The molecule has 2 heterocycles. The molecule has 24 heavy (non-hydrogen) atoms. The number of piperidine rings is 1. The highest BCUT2D eigenvalue weighted by atomic mass is 15.2. The summed E-state index contributed by atoms with van der Waals surface area (Å²) >= 11 is 0. The van der Waals surface area contributed by atoms with Crippen LogP contribution in [0.1, 0.15) is 77.7 Å². The highest BCUT2D eigenvalue weighted by molar-refractivity contribution is 5.31. The Kier molecular flexibility index (Phi) is 5.78. The molecule has 0 amide bonds. The number of anilines is 1. The topological polar surface area (TPSA) is 29.0 Å². The summed E-state index contributed by atoms with van der Waals surface area (Å²) in [5.41, 5.74) is 1.36. The van der Waals surface area contributed by atoms with Gasteiger partial charge in [0.2, 0.25) is 5.95 Å². The summed E-state index contributed by atoms with van der Waals surface area (Å²) in [5, 5.41) is 0. The molecule has 2 fully saturated rings. The van der Waals surface area contributed by atoms with E-state index < -0.39 is 0 Å². The maximum Gasteiger partial charge on any atom is 0.225 e. The van der Waals surface area contributed by atoms with Crippen molar-refractivity contribution in [1.82, 2.24) is 9.97 Å². The molecule has 3 heteroatoms. The molecule has 0 aromatic carbocycles. The van der Waals surface area contributed by atoms with Crippen molar-refractivity contribution in [2.24, 2.45) is 23.7 Å². The Morgan fingerprint density at radius 2 is 1.29 bits per heavy atom. The Bertz CT molecular complexity index is 445. The van der Waals surface area contributed by atoms with Crippen LogP contribution in [0, 0.1) is 23.7 Å². The van der Waals surface area contributed by atoms with Gasteiger partial charge in [-0.05, 0) is 73.7 Å². The van der Waals surface area contributed by atoms with Crippen LogP contribution in [-0.4, -0.2) is 23.1 Å². The minimum atomic E-state index is 0.681. The smallest absolute Gasteiger partial charge is 0.225 e. The van der Waals surface area contributed by atoms with Gasteiger partial charge in [0.1, 0.15) is 0 Å². The van der Waals surface area contributed by atoms with Crippen molar-refractivity contribution >= 4 is 5.95 Å². The molecule has 0 bridgehead atoms. The van der Waals surface area contributed by atoms with Crippen LogP contribution >= 0.6 is 0 Å². The van der Waals surface area contributed by atoms with E-state index in [4.69, 9.17) is 9.97 Å². The predicted octanol–water partition coefficient (Wildman–Crippen LogP) is 5.28. The van der Waals surface area contributed by atoms with E-state index in [-0.39, 0.29) is 0 Å². The summed E-state index contributed by atoms with van der Waals surface area (Å²) in [7, 11) is 0. The third-order valence-corrected chi connectivity index (χ3v) is 6.61. The van der Waals surface area contributed by atoms with Gasteiger partial charge in [-0.3, -0.25) is 0 Å². The Balaban J connectivity index is 1.55. The van der Waals surface area contributed by atoms with Crippen molar-refractivity contribution in [3.63, 3.8) is 0 Å². The van der Waals surface area contributed by atoms with Crippen molar-refractivity contribution in [3.05, 3.63) is 18.0 Å². The van der Waals surface area contributed by atoms with E-state index in [0.29, 0.717) is 5.92 Å². The summed E-state index contributed by atoms with van der Waals surface area (Å²) in [6, 6.07) is 0. The lowest BCUT2D eigenvalue weighted by Crippen LogP contribution is -2.36. The van der Waals surface area contributed by atoms with Crippen LogP contribution in [0.4, 0.5) is 5.95 Å². The van der Waals surface area contributed by atoms with Crippen LogP contribution in [0.3, 0.4) is 0 Å². The molecular formula is C21H35N3. The lowest BCUT2D eigenvalue weighted by atomic mass is 9.75. The first kappa shape index (κ1) is 17.7. The van der Waals surface area contributed by atoms with Gasteiger partial charge in [-0.1, -0.05) is 27.7 Å². The fourth-order valence-corrected chi connectivity index (χ4v) is 4.59. The van der Waals surface area contributed by atoms with E-state index in [0.717, 1.165) is 42.7 Å². The number of hydrogen-bond acceptors (Lipinski definition) is 3. The van der Waals surface area contributed by atoms with Gasteiger partial charge in [-0.25, -0.2) is 9.97 Å². The van der Waals surface area contributed by atoms with E-state index in [1.807, 2.05) is 0 Å². The average Bonchev–Trinajstić information content (AvgIpc) is 2.62. The second-order valence-corrected chi connectivity index (χ2v) is 8.74. The van der Waals surface area contributed by atoms with E-state index in [1.54, 1.807) is 0 Å². The third-order valence-electron chi connectivity index (χ3n) is 6.61. The molecule has 0 atom stereocenters. The minimum absolute atomic E-state index is 0.681. The molecule has 0 spiro atoms. The molecule has 0 unspecified atom stereocenters. The zero-order valence-corrected chi connectivity index (χ0v) is 16.0. The van der Waals surface area contributed by atoms with Crippen LogP contribution in [-0.2, 0) is 0 Å². The van der Waals surface area contributed by atoms with Gasteiger partial charge < -0.3 is 4.90 Å². The number of aromatic nitrogens is 2. The van der Waals surface area contributed by atoms with Crippen molar-refractivity contribution < 1.29 is 0 Å². The third kappa shape index (κ3) is 4.10. The first-order valence-corrected chi connectivity index (χ1v) is 10.1. The molecule has 1 aromatic heterocycles. The fourth-order valence-electron chi connectivity index (χ4n) is 4.59. The Labute approximate surface area is 148 Å². The molecular weight excluding hydrogens is 294 g/mol. The van der Waals surface area contributed by atoms with E-state index in [1.165, 1.54) is 44.1 Å². The molecule has 1 aliphatic carbocycles. The van der Waals surface area contributed by atoms with Gasteiger partial charge in [0.05, 0.1) is 0 Å². The van der Waals surface area contributed by atoms with Gasteiger partial charge in [0, 0.05) is 25.5 Å². The van der Waals surface area contributed by atoms with Crippen LogP contribution in [0.15, 0.2) is 12.4 Å². The average molecular weight is 330 g/mol. The molecule has 1 saturated carbocycles. The Morgan fingerprint density at radius 3 is 1.79 bits per heavy atom. The first-order chi connectivity index (χ1) is 11.5. The predicted molar refractivity (Wildman–Crippen MR) is 101 cm³/mol. The Morgan fingerprint density at radius 1 is 0.792 bits per heavy atom. The van der Waals surface area contributed by atoms with Gasteiger partial charge >= 0.3 is 0 Å². The minimum Gasteiger partial charge on any atom is -0.341 e. The fraction of sp³-hybridized carbons (Fsp3) is 0.810. The summed E-state index contributed by atoms with van der Waals surface area (Å²) in [6.07, 6.45) is 12.1. The summed E-state index contributed by atoms with van der Waals surface area (Å²) in [6.45, 7) is 11.7. The summed E-state index contributed by atoms with van der Waals surface area (Å²) in [4.78, 5) is 11.8. The number of hydrogen-bond donors (Lipinski definition) is 0. The highest BCUT2D eigenvalue weighted by Crippen LogP contribution is 2.38. The van der Waals surface area contributed by atoms with Crippen molar-refractivity contribution in [2.75, 3.05) is 18.0 Å². The lowest BCUT2D eigenvalue weighted by molar-refractivity contribution is 0.258. The van der Waals surface area contributed by atoms with E-state index in [9.17, 15) is 0 Å². The lowest BCUT2D eigenvalue weighted by Gasteiger charge is -2.34. The molecule has 1 aliphatic heterocycles. The highest BCUT2D eigenvalue weighted by Gasteiger charge is 2.26. The van der Waals surface area contributed by atoms with Crippen LogP contribution in [0.25, 0.3) is 0 Å². The molecule has 0 radical (unpaired) electrons. The zero-order valence-electron chi connectivity index (χ0n) is 16.0. The maximum absolute atomic E-state index is 4.72. The summed E-state index contributed by atoms with van der Waals surface area (Å²) < 4.78 is 0. The largest absolute Gasteiger partial charge is 0.341 e. The van der Waals surface area contributed by atoms with Gasteiger partial charge in [-0.15, -0.1) is 0 Å². The normalized spacial score (nSPS) is 26.3. The van der Waals surface area contributed by atoms with Gasteiger partial charge in [-0.2, -0.15) is 0 Å². The monoisotopic (exact) mass is 329 g/mol. The van der Waals surface area contributed by atoms with E-state index in [2.05, 4.69) is 45.0 Å².